The molecule has 8 N–H and O–H groups in total. The Morgan fingerprint density at radius 3 is 1.45 bits per heavy atom. The first-order valence-electron chi connectivity index (χ1n) is 4.10. The predicted octanol–water partition coefficient (Wildman–Crippen LogP) is -0.922. The van der Waals surface area contributed by atoms with Crippen LogP contribution < -0.4 is 22.9 Å². The highest BCUT2D eigenvalue weighted by molar-refractivity contribution is 4.76. The lowest BCUT2D eigenvalue weighted by Crippen LogP contribution is -2.49. The van der Waals surface area contributed by atoms with E-state index in [-0.39, 0.29) is 0 Å². The fourth-order valence-electron chi connectivity index (χ4n) is 0.987. The van der Waals surface area contributed by atoms with E-state index in [0.29, 0.717) is 13.1 Å². The van der Waals surface area contributed by atoms with Gasteiger partial charge < -0.3 is 22.9 Å². The van der Waals surface area contributed by atoms with Crippen molar-refractivity contribution in [2.24, 2.45) is 22.9 Å². The number of nitrogens with two attached hydrogens (primary N) is 4. The smallest absolute Gasteiger partial charge is 0.0637 e. The molecule has 68 valence electrons. The van der Waals surface area contributed by atoms with E-state index in [1.165, 1.54) is 0 Å². The molecule has 0 aliphatic heterocycles. The van der Waals surface area contributed by atoms with E-state index in [4.69, 9.17) is 22.9 Å². The zero-order valence-electron chi connectivity index (χ0n) is 7.05. The van der Waals surface area contributed by atoms with Crippen LogP contribution in [-0.2, 0) is 0 Å². The maximum absolute atomic E-state index is 5.76. The normalized spacial score (nSPS) is 12.0. The summed E-state index contributed by atoms with van der Waals surface area (Å²) in [7, 11) is 0. The third kappa shape index (κ3) is 6.25. The summed E-state index contributed by atoms with van der Waals surface area (Å²) in [4.78, 5) is 0. The van der Waals surface area contributed by atoms with Crippen LogP contribution in [0.25, 0.3) is 0 Å². The van der Waals surface area contributed by atoms with Crippen LogP contribution in [0.2, 0.25) is 0 Å². The van der Waals surface area contributed by atoms with Gasteiger partial charge in [0.2, 0.25) is 0 Å². The molecule has 4 heteroatoms. The third-order valence-corrected chi connectivity index (χ3v) is 1.69. The summed E-state index contributed by atoms with van der Waals surface area (Å²) < 4.78 is 0. The van der Waals surface area contributed by atoms with E-state index < -0.39 is 5.66 Å². The van der Waals surface area contributed by atoms with E-state index in [0.717, 1.165) is 25.7 Å². The summed E-state index contributed by atoms with van der Waals surface area (Å²) in [6, 6.07) is 0. The van der Waals surface area contributed by atoms with Gasteiger partial charge >= 0.3 is 0 Å². The summed E-state index contributed by atoms with van der Waals surface area (Å²) in [5.41, 5.74) is 21.6. The van der Waals surface area contributed by atoms with E-state index in [1.54, 1.807) is 0 Å². The zero-order valence-corrected chi connectivity index (χ0v) is 7.05. The van der Waals surface area contributed by atoms with Crippen LogP contribution in [0.4, 0.5) is 0 Å². The standard InChI is InChI=1S/C7H20N4/c8-5-1-3-7(10,11)4-2-6-9/h1-6,8-11H2. The topological polar surface area (TPSA) is 104 Å². The van der Waals surface area contributed by atoms with Gasteiger partial charge in [0.1, 0.15) is 0 Å². The molecule has 0 rings (SSSR count). The summed E-state index contributed by atoms with van der Waals surface area (Å²) in [6.07, 6.45) is 3.34. The molecule has 0 saturated heterocycles. The Bertz CT molecular complexity index is 82.4. The first-order chi connectivity index (χ1) is 5.12. The lowest BCUT2D eigenvalue weighted by molar-refractivity contribution is 0.363. The van der Waals surface area contributed by atoms with E-state index in [2.05, 4.69) is 0 Å². The van der Waals surface area contributed by atoms with Crippen molar-refractivity contribution >= 4 is 0 Å². The molecule has 0 spiro atoms. The predicted molar refractivity (Wildman–Crippen MR) is 47.7 cm³/mol. The van der Waals surface area contributed by atoms with Gasteiger partial charge in [0.15, 0.2) is 0 Å². The Morgan fingerprint density at radius 2 is 1.18 bits per heavy atom. The molecule has 0 saturated carbocycles. The third-order valence-electron chi connectivity index (χ3n) is 1.69. The van der Waals surface area contributed by atoms with Gasteiger partial charge in [-0.25, -0.2) is 0 Å². The van der Waals surface area contributed by atoms with Crippen molar-refractivity contribution in [3.63, 3.8) is 0 Å². The minimum absolute atomic E-state index is 0.557. The molecule has 0 fully saturated rings. The summed E-state index contributed by atoms with van der Waals surface area (Å²) in [5.74, 6) is 0. The Balaban J connectivity index is 3.43. The molecule has 0 aromatic carbocycles. The van der Waals surface area contributed by atoms with Gasteiger partial charge in [-0.15, -0.1) is 0 Å². The average molecular weight is 160 g/mol. The molecule has 0 unspecified atom stereocenters. The summed E-state index contributed by atoms with van der Waals surface area (Å²) in [5, 5.41) is 0. The van der Waals surface area contributed by atoms with Crippen LogP contribution in [0.1, 0.15) is 25.7 Å². The van der Waals surface area contributed by atoms with Gasteiger partial charge in [0.25, 0.3) is 0 Å². The Labute approximate surface area is 68.3 Å². The van der Waals surface area contributed by atoms with Gasteiger partial charge in [-0.2, -0.15) is 0 Å². The Kier molecular flexibility index (Phi) is 5.41. The van der Waals surface area contributed by atoms with Gasteiger partial charge in [-0.1, -0.05) is 0 Å². The second-order valence-electron chi connectivity index (χ2n) is 3.02. The zero-order chi connectivity index (χ0) is 8.74. The molecule has 0 aliphatic carbocycles. The van der Waals surface area contributed by atoms with E-state index in [9.17, 15) is 0 Å². The lowest BCUT2D eigenvalue weighted by Gasteiger charge is -2.23. The Morgan fingerprint density at radius 1 is 0.818 bits per heavy atom. The van der Waals surface area contributed by atoms with Crippen molar-refractivity contribution in [3.8, 4) is 0 Å². The number of rotatable bonds is 6. The molecule has 4 nitrogen and oxygen atoms in total. The van der Waals surface area contributed by atoms with Crippen molar-refractivity contribution in [2.75, 3.05) is 13.1 Å². The second-order valence-corrected chi connectivity index (χ2v) is 3.02. The lowest BCUT2D eigenvalue weighted by atomic mass is 10.00. The number of hydrogen-bond acceptors (Lipinski definition) is 4. The van der Waals surface area contributed by atoms with Crippen LogP contribution in [0.5, 0.6) is 0 Å². The van der Waals surface area contributed by atoms with E-state index >= 15 is 0 Å². The number of hydrogen-bond donors (Lipinski definition) is 4. The summed E-state index contributed by atoms with van der Waals surface area (Å²) in [6.45, 7) is 1.30. The SMILES string of the molecule is NCCCC(N)(N)CCCN. The molecule has 11 heavy (non-hydrogen) atoms. The van der Waals surface area contributed by atoms with Crippen molar-refractivity contribution in [1.82, 2.24) is 0 Å². The van der Waals surface area contributed by atoms with Gasteiger partial charge in [0.05, 0.1) is 5.66 Å². The van der Waals surface area contributed by atoms with Crippen LogP contribution in [-0.4, -0.2) is 18.8 Å². The molecule has 0 radical (unpaired) electrons. The first-order valence-corrected chi connectivity index (χ1v) is 4.10. The van der Waals surface area contributed by atoms with Crippen LogP contribution in [0.3, 0.4) is 0 Å². The fourth-order valence-corrected chi connectivity index (χ4v) is 0.987. The van der Waals surface area contributed by atoms with E-state index in [1.807, 2.05) is 0 Å². The Hall–Kier alpha value is -0.160. The van der Waals surface area contributed by atoms with Crippen molar-refractivity contribution in [3.05, 3.63) is 0 Å². The maximum atomic E-state index is 5.76. The quantitative estimate of drug-likeness (QED) is 0.377. The second kappa shape index (κ2) is 5.49. The maximum Gasteiger partial charge on any atom is 0.0637 e. The minimum Gasteiger partial charge on any atom is -0.330 e. The van der Waals surface area contributed by atoms with Gasteiger partial charge in [-0.05, 0) is 38.8 Å². The molecular formula is C7H20N4. The van der Waals surface area contributed by atoms with Crippen LogP contribution >= 0.6 is 0 Å². The van der Waals surface area contributed by atoms with Gasteiger partial charge in [0, 0.05) is 0 Å². The first kappa shape index (κ1) is 10.8. The highest BCUT2D eigenvalue weighted by atomic mass is 14.9. The largest absolute Gasteiger partial charge is 0.330 e. The molecule has 0 aromatic rings. The minimum atomic E-state index is -0.557. The monoisotopic (exact) mass is 160 g/mol. The van der Waals surface area contributed by atoms with Crippen LogP contribution in [0, 0.1) is 0 Å². The van der Waals surface area contributed by atoms with Crippen LogP contribution in [0.15, 0.2) is 0 Å². The molecule has 0 atom stereocenters. The van der Waals surface area contributed by atoms with Crippen molar-refractivity contribution in [2.45, 2.75) is 31.3 Å². The molecule has 0 amide bonds. The molecule has 0 bridgehead atoms. The highest BCUT2D eigenvalue weighted by Gasteiger charge is 2.16. The highest BCUT2D eigenvalue weighted by Crippen LogP contribution is 2.08. The van der Waals surface area contributed by atoms with Crippen molar-refractivity contribution < 1.29 is 0 Å². The van der Waals surface area contributed by atoms with Gasteiger partial charge in [-0.3, -0.25) is 0 Å². The fraction of sp³-hybridized carbons (Fsp3) is 1.00. The summed E-state index contributed by atoms with van der Waals surface area (Å²) >= 11 is 0. The average Bonchev–Trinajstić information content (AvgIpc) is 1.97. The molecule has 0 heterocycles. The molecule has 0 aromatic heterocycles. The molecule has 0 aliphatic rings. The van der Waals surface area contributed by atoms with Crippen molar-refractivity contribution in [1.29, 1.82) is 0 Å². The molecular weight excluding hydrogens is 140 g/mol.